The molecule has 2 nitrogen and oxygen atoms in total. The standard InChI is InChI=1S/C17H17FO2/c1-11(2)15-6-5-14(8-12(15)3)20-17-7-4-13(10-19)9-16(17)18/h4-11H,1-3H3. The van der Waals surface area contributed by atoms with E-state index in [0.717, 1.165) is 11.6 Å². The molecule has 0 radical (unpaired) electrons. The maximum Gasteiger partial charge on any atom is 0.166 e. The van der Waals surface area contributed by atoms with E-state index in [-0.39, 0.29) is 5.75 Å². The largest absolute Gasteiger partial charge is 0.454 e. The molecule has 0 heterocycles. The number of ether oxygens (including phenoxy) is 1. The van der Waals surface area contributed by atoms with Crippen LogP contribution in [-0.4, -0.2) is 6.29 Å². The summed E-state index contributed by atoms with van der Waals surface area (Å²) in [5.74, 6) is 0.602. The SMILES string of the molecule is Cc1cc(Oc2ccc(C=O)cc2F)ccc1C(C)C. The van der Waals surface area contributed by atoms with Crippen LogP contribution in [0.5, 0.6) is 11.5 Å². The van der Waals surface area contributed by atoms with E-state index in [1.807, 2.05) is 25.1 Å². The van der Waals surface area contributed by atoms with E-state index in [4.69, 9.17) is 4.74 Å². The third kappa shape index (κ3) is 3.05. The van der Waals surface area contributed by atoms with Gasteiger partial charge in [0.15, 0.2) is 11.6 Å². The van der Waals surface area contributed by atoms with Crippen molar-refractivity contribution in [3.63, 3.8) is 0 Å². The lowest BCUT2D eigenvalue weighted by molar-refractivity contribution is 0.112. The predicted octanol–water partition coefficient (Wildman–Crippen LogP) is 4.86. The Bertz CT molecular complexity index is 633. The number of rotatable bonds is 4. The second kappa shape index (κ2) is 5.87. The first kappa shape index (κ1) is 14.3. The average Bonchev–Trinajstić information content (AvgIpc) is 2.40. The predicted molar refractivity (Wildman–Crippen MR) is 77.1 cm³/mol. The molecule has 2 aromatic carbocycles. The normalized spacial score (nSPS) is 10.7. The van der Waals surface area contributed by atoms with E-state index in [2.05, 4.69) is 13.8 Å². The Labute approximate surface area is 118 Å². The molecule has 0 aliphatic carbocycles. The number of halogens is 1. The topological polar surface area (TPSA) is 26.3 Å². The first-order chi connectivity index (χ1) is 9.51. The van der Waals surface area contributed by atoms with Crippen molar-refractivity contribution in [2.45, 2.75) is 26.7 Å². The number of aryl methyl sites for hydroxylation is 1. The quantitative estimate of drug-likeness (QED) is 0.743. The van der Waals surface area contributed by atoms with E-state index in [9.17, 15) is 9.18 Å². The summed E-state index contributed by atoms with van der Waals surface area (Å²) < 4.78 is 19.3. The van der Waals surface area contributed by atoms with Crippen LogP contribution >= 0.6 is 0 Å². The van der Waals surface area contributed by atoms with Crippen LogP contribution in [0.1, 0.15) is 41.3 Å². The zero-order valence-corrected chi connectivity index (χ0v) is 11.8. The molecule has 3 heteroatoms. The molecule has 0 N–H and O–H groups in total. The molecule has 0 unspecified atom stereocenters. The van der Waals surface area contributed by atoms with Crippen LogP contribution in [0.15, 0.2) is 36.4 Å². The summed E-state index contributed by atoms with van der Waals surface area (Å²) >= 11 is 0. The fraction of sp³-hybridized carbons (Fsp3) is 0.235. The number of aldehydes is 1. The molecule has 0 saturated heterocycles. The van der Waals surface area contributed by atoms with E-state index < -0.39 is 5.82 Å². The van der Waals surface area contributed by atoms with Crippen LogP contribution in [0.4, 0.5) is 4.39 Å². The molecule has 0 spiro atoms. The smallest absolute Gasteiger partial charge is 0.166 e. The highest BCUT2D eigenvalue weighted by atomic mass is 19.1. The molecule has 2 aromatic rings. The van der Waals surface area contributed by atoms with Gasteiger partial charge in [-0.1, -0.05) is 19.9 Å². The summed E-state index contributed by atoms with van der Waals surface area (Å²) in [7, 11) is 0. The fourth-order valence-corrected chi connectivity index (χ4v) is 2.16. The van der Waals surface area contributed by atoms with Crippen LogP contribution in [0.25, 0.3) is 0 Å². The van der Waals surface area contributed by atoms with Gasteiger partial charge in [0, 0.05) is 5.56 Å². The maximum atomic E-state index is 13.7. The zero-order valence-electron chi connectivity index (χ0n) is 11.8. The van der Waals surface area contributed by atoms with Gasteiger partial charge in [0.05, 0.1) is 0 Å². The minimum Gasteiger partial charge on any atom is -0.454 e. The second-order valence-corrected chi connectivity index (χ2v) is 5.08. The lowest BCUT2D eigenvalue weighted by atomic mass is 9.98. The van der Waals surface area contributed by atoms with Crippen molar-refractivity contribution in [2.24, 2.45) is 0 Å². The Morgan fingerprint density at radius 3 is 2.45 bits per heavy atom. The van der Waals surface area contributed by atoms with Crippen molar-refractivity contribution in [1.82, 2.24) is 0 Å². The minimum absolute atomic E-state index is 0.118. The zero-order chi connectivity index (χ0) is 14.7. The molecule has 0 saturated carbocycles. The first-order valence-corrected chi connectivity index (χ1v) is 6.54. The van der Waals surface area contributed by atoms with E-state index in [1.165, 1.54) is 17.7 Å². The van der Waals surface area contributed by atoms with Gasteiger partial charge in [0.1, 0.15) is 12.0 Å². The van der Waals surface area contributed by atoms with Crippen LogP contribution < -0.4 is 4.74 Å². The Hall–Kier alpha value is -2.16. The van der Waals surface area contributed by atoms with Crippen LogP contribution in [0, 0.1) is 12.7 Å². The molecule has 0 atom stereocenters. The fourth-order valence-electron chi connectivity index (χ4n) is 2.16. The molecular weight excluding hydrogens is 255 g/mol. The van der Waals surface area contributed by atoms with Gasteiger partial charge < -0.3 is 4.74 Å². The Morgan fingerprint density at radius 2 is 1.90 bits per heavy atom. The Kier molecular flexibility index (Phi) is 4.18. The number of carbonyl (C=O) groups is 1. The molecule has 0 aromatic heterocycles. The summed E-state index contributed by atoms with van der Waals surface area (Å²) in [4.78, 5) is 10.6. The molecule has 2 rings (SSSR count). The lowest BCUT2D eigenvalue weighted by Gasteiger charge is -2.12. The highest BCUT2D eigenvalue weighted by molar-refractivity contribution is 5.75. The number of benzene rings is 2. The van der Waals surface area contributed by atoms with Crippen molar-refractivity contribution >= 4 is 6.29 Å². The Balaban J connectivity index is 2.26. The van der Waals surface area contributed by atoms with E-state index >= 15 is 0 Å². The highest BCUT2D eigenvalue weighted by Crippen LogP contribution is 2.28. The molecule has 0 aliphatic heterocycles. The van der Waals surface area contributed by atoms with Gasteiger partial charge in [-0.25, -0.2) is 4.39 Å². The summed E-state index contributed by atoms with van der Waals surface area (Å²) in [6.45, 7) is 6.26. The van der Waals surface area contributed by atoms with Gasteiger partial charge in [0.2, 0.25) is 0 Å². The average molecular weight is 272 g/mol. The molecule has 104 valence electrons. The second-order valence-electron chi connectivity index (χ2n) is 5.08. The van der Waals surface area contributed by atoms with Crippen molar-refractivity contribution in [3.8, 4) is 11.5 Å². The Morgan fingerprint density at radius 1 is 1.15 bits per heavy atom. The molecule has 0 aliphatic rings. The van der Waals surface area contributed by atoms with Crippen molar-refractivity contribution in [1.29, 1.82) is 0 Å². The van der Waals surface area contributed by atoms with Crippen LogP contribution in [-0.2, 0) is 0 Å². The van der Waals surface area contributed by atoms with Gasteiger partial charge in [0.25, 0.3) is 0 Å². The number of hydrogen-bond acceptors (Lipinski definition) is 2. The summed E-state index contributed by atoms with van der Waals surface area (Å²) in [6, 6.07) is 9.87. The molecule has 0 amide bonds. The van der Waals surface area contributed by atoms with Crippen molar-refractivity contribution < 1.29 is 13.9 Å². The van der Waals surface area contributed by atoms with Gasteiger partial charge in [-0.2, -0.15) is 0 Å². The molecule has 0 bridgehead atoms. The maximum absolute atomic E-state index is 13.7. The lowest BCUT2D eigenvalue weighted by Crippen LogP contribution is -1.94. The summed E-state index contributed by atoms with van der Waals surface area (Å²) in [6.07, 6.45) is 0.606. The van der Waals surface area contributed by atoms with Gasteiger partial charge >= 0.3 is 0 Å². The third-order valence-electron chi connectivity index (χ3n) is 3.18. The number of hydrogen-bond donors (Lipinski definition) is 0. The van der Waals surface area contributed by atoms with Gasteiger partial charge in [-0.05, 0) is 54.3 Å². The van der Waals surface area contributed by atoms with E-state index in [0.29, 0.717) is 23.5 Å². The van der Waals surface area contributed by atoms with Crippen molar-refractivity contribution in [2.75, 3.05) is 0 Å². The molecule has 0 fully saturated rings. The van der Waals surface area contributed by atoms with Crippen molar-refractivity contribution in [3.05, 3.63) is 58.9 Å². The third-order valence-corrected chi connectivity index (χ3v) is 3.18. The van der Waals surface area contributed by atoms with Gasteiger partial charge in [-0.15, -0.1) is 0 Å². The van der Waals surface area contributed by atoms with E-state index in [1.54, 1.807) is 0 Å². The minimum atomic E-state index is -0.541. The molecular formula is C17H17FO2. The van der Waals surface area contributed by atoms with Gasteiger partial charge in [-0.3, -0.25) is 4.79 Å². The first-order valence-electron chi connectivity index (χ1n) is 6.54. The number of carbonyl (C=O) groups excluding carboxylic acids is 1. The monoisotopic (exact) mass is 272 g/mol. The highest BCUT2D eigenvalue weighted by Gasteiger charge is 2.08. The van der Waals surface area contributed by atoms with Crippen LogP contribution in [0.2, 0.25) is 0 Å². The molecule has 20 heavy (non-hydrogen) atoms. The summed E-state index contributed by atoms with van der Waals surface area (Å²) in [5, 5.41) is 0. The van der Waals surface area contributed by atoms with Crippen LogP contribution in [0.3, 0.4) is 0 Å². The summed E-state index contributed by atoms with van der Waals surface area (Å²) in [5.41, 5.74) is 2.65.